The van der Waals surface area contributed by atoms with E-state index < -0.39 is 11.6 Å². The number of hydrogen-bond acceptors (Lipinski definition) is 3. The van der Waals surface area contributed by atoms with Crippen molar-refractivity contribution in [3.63, 3.8) is 0 Å². The summed E-state index contributed by atoms with van der Waals surface area (Å²) >= 11 is 0. The molecule has 0 N–H and O–H groups in total. The summed E-state index contributed by atoms with van der Waals surface area (Å²) in [7, 11) is 0. The first-order valence-electron chi connectivity index (χ1n) is 5.40. The quantitative estimate of drug-likeness (QED) is 0.672. The lowest BCUT2D eigenvalue weighted by atomic mass is 10.2. The number of hydrogen-bond donors (Lipinski definition) is 0. The van der Waals surface area contributed by atoms with Gasteiger partial charge in [0.2, 0.25) is 0 Å². The van der Waals surface area contributed by atoms with E-state index in [-0.39, 0.29) is 11.4 Å². The highest BCUT2D eigenvalue weighted by Gasteiger charge is 2.17. The van der Waals surface area contributed by atoms with Crippen molar-refractivity contribution < 1.29 is 8.78 Å². The number of rotatable bonds is 1. The third-order valence-electron chi connectivity index (χ3n) is 2.72. The second-order valence-electron chi connectivity index (χ2n) is 3.88. The number of halogens is 2. The molecule has 0 saturated heterocycles. The van der Waals surface area contributed by atoms with E-state index in [4.69, 9.17) is 5.26 Å². The fourth-order valence-electron chi connectivity index (χ4n) is 1.84. The predicted octanol–water partition coefficient (Wildman–Crippen LogP) is 2.55. The zero-order chi connectivity index (χ0) is 13.4. The number of pyridine rings is 1. The van der Waals surface area contributed by atoms with Gasteiger partial charge in [0, 0.05) is 6.20 Å². The Morgan fingerprint density at radius 1 is 1.05 bits per heavy atom. The molecular weight excluding hydrogens is 250 g/mol. The van der Waals surface area contributed by atoms with Crippen LogP contribution in [-0.2, 0) is 0 Å². The maximum Gasteiger partial charge on any atom is 0.174 e. The monoisotopic (exact) mass is 256 g/mol. The van der Waals surface area contributed by atoms with Crippen LogP contribution < -0.4 is 0 Å². The highest BCUT2D eigenvalue weighted by Crippen LogP contribution is 2.24. The van der Waals surface area contributed by atoms with Crippen LogP contribution in [0.15, 0.2) is 36.5 Å². The van der Waals surface area contributed by atoms with Crippen LogP contribution in [0, 0.1) is 23.0 Å². The highest BCUT2D eigenvalue weighted by molar-refractivity contribution is 5.61. The minimum atomic E-state index is -0.725. The number of fused-ring (bicyclic) bond motifs is 1. The Balaban J connectivity index is 2.34. The van der Waals surface area contributed by atoms with E-state index in [1.165, 1.54) is 16.7 Å². The lowest BCUT2D eigenvalue weighted by Gasteiger charge is -2.03. The van der Waals surface area contributed by atoms with E-state index >= 15 is 0 Å². The molecule has 19 heavy (non-hydrogen) atoms. The Labute approximate surface area is 106 Å². The highest BCUT2D eigenvalue weighted by atomic mass is 19.1. The minimum Gasteiger partial charge on any atom is -0.281 e. The fourth-order valence-corrected chi connectivity index (χ4v) is 1.84. The molecule has 0 radical (unpaired) electrons. The number of nitrogens with zero attached hydrogens (tertiary/aromatic N) is 4. The second-order valence-corrected chi connectivity index (χ2v) is 3.88. The number of nitriles is 1. The maximum atomic E-state index is 13.7. The molecule has 6 heteroatoms. The molecule has 2 aromatic heterocycles. The number of benzene rings is 1. The Morgan fingerprint density at radius 2 is 1.79 bits per heavy atom. The summed E-state index contributed by atoms with van der Waals surface area (Å²) in [6.07, 6.45) is 1.44. The molecule has 0 unspecified atom stereocenters. The molecule has 0 amide bonds. The van der Waals surface area contributed by atoms with Crippen LogP contribution in [0.1, 0.15) is 5.56 Å². The molecular formula is C13H6F2N4. The molecule has 0 atom stereocenters. The Kier molecular flexibility index (Phi) is 2.46. The van der Waals surface area contributed by atoms with Gasteiger partial charge < -0.3 is 0 Å². The third-order valence-corrected chi connectivity index (χ3v) is 2.72. The fraction of sp³-hybridized carbons (Fsp3) is 0. The Morgan fingerprint density at radius 3 is 2.47 bits per heavy atom. The first-order chi connectivity index (χ1) is 9.20. The maximum absolute atomic E-state index is 13.7. The van der Waals surface area contributed by atoms with Gasteiger partial charge in [0.15, 0.2) is 11.5 Å². The lowest BCUT2D eigenvalue weighted by molar-refractivity contribution is 0.587. The molecule has 4 nitrogen and oxygen atoms in total. The molecule has 0 saturated carbocycles. The molecule has 3 rings (SSSR count). The SMILES string of the molecule is N#Cc1ccc2nnc(-c3c(F)cccc3F)n2c1. The summed E-state index contributed by atoms with van der Waals surface area (Å²) < 4.78 is 28.9. The smallest absolute Gasteiger partial charge is 0.174 e. The second kappa shape index (κ2) is 4.14. The van der Waals surface area contributed by atoms with Gasteiger partial charge in [-0.2, -0.15) is 5.26 Å². The van der Waals surface area contributed by atoms with E-state index in [1.807, 2.05) is 6.07 Å². The van der Waals surface area contributed by atoms with Crippen LogP contribution in [-0.4, -0.2) is 14.6 Å². The van der Waals surface area contributed by atoms with Crippen molar-refractivity contribution in [1.82, 2.24) is 14.6 Å². The molecule has 1 aromatic carbocycles. The van der Waals surface area contributed by atoms with Crippen LogP contribution in [0.4, 0.5) is 8.78 Å². The standard InChI is InChI=1S/C13H6F2N4/c14-9-2-1-3-10(15)12(9)13-18-17-11-5-4-8(6-16)7-19(11)13/h1-5,7H. The lowest BCUT2D eigenvalue weighted by Crippen LogP contribution is -1.96. The third kappa shape index (κ3) is 1.72. The summed E-state index contributed by atoms with van der Waals surface area (Å²) in [6.45, 7) is 0. The van der Waals surface area contributed by atoms with E-state index in [1.54, 1.807) is 12.1 Å². The van der Waals surface area contributed by atoms with Crippen molar-refractivity contribution in [1.29, 1.82) is 5.26 Å². The summed E-state index contributed by atoms with van der Waals surface area (Å²) in [6, 6.07) is 8.65. The van der Waals surface area contributed by atoms with Crippen LogP contribution >= 0.6 is 0 Å². The van der Waals surface area contributed by atoms with Gasteiger partial charge in [-0.1, -0.05) is 6.07 Å². The Bertz CT molecular complexity index is 797. The molecule has 2 heterocycles. The Hall–Kier alpha value is -2.81. The summed E-state index contributed by atoms with van der Waals surface area (Å²) in [4.78, 5) is 0. The summed E-state index contributed by atoms with van der Waals surface area (Å²) in [5.41, 5.74) is 0.507. The van der Waals surface area contributed by atoms with E-state index in [2.05, 4.69) is 10.2 Å². The van der Waals surface area contributed by atoms with E-state index in [0.717, 1.165) is 12.1 Å². The predicted molar refractivity (Wildman–Crippen MR) is 63.1 cm³/mol. The topological polar surface area (TPSA) is 54.0 Å². The van der Waals surface area contributed by atoms with Crippen molar-refractivity contribution in [2.45, 2.75) is 0 Å². The van der Waals surface area contributed by atoms with Gasteiger partial charge in [-0.3, -0.25) is 4.40 Å². The van der Waals surface area contributed by atoms with E-state index in [0.29, 0.717) is 11.2 Å². The van der Waals surface area contributed by atoms with Gasteiger partial charge in [-0.15, -0.1) is 10.2 Å². The van der Waals surface area contributed by atoms with Crippen molar-refractivity contribution in [3.8, 4) is 17.5 Å². The molecule has 0 bridgehead atoms. The van der Waals surface area contributed by atoms with Crippen molar-refractivity contribution in [2.24, 2.45) is 0 Å². The average molecular weight is 256 g/mol. The molecule has 92 valence electrons. The molecule has 0 aliphatic carbocycles. The normalized spacial score (nSPS) is 10.6. The van der Waals surface area contributed by atoms with Gasteiger partial charge in [-0.25, -0.2) is 8.78 Å². The molecule has 0 spiro atoms. The van der Waals surface area contributed by atoms with Crippen LogP contribution in [0.2, 0.25) is 0 Å². The zero-order valence-electron chi connectivity index (χ0n) is 9.51. The average Bonchev–Trinajstić information content (AvgIpc) is 2.81. The van der Waals surface area contributed by atoms with Crippen LogP contribution in [0.5, 0.6) is 0 Å². The van der Waals surface area contributed by atoms with Crippen molar-refractivity contribution >= 4 is 5.65 Å². The summed E-state index contributed by atoms with van der Waals surface area (Å²) in [5.74, 6) is -1.42. The van der Waals surface area contributed by atoms with Gasteiger partial charge >= 0.3 is 0 Å². The molecule has 3 aromatic rings. The van der Waals surface area contributed by atoms with Crippen LogP contribution in [0.25, 0.3) is 17.0 Å². The first-order valence-corrected chi connectivity index (χ1v) is 5.40. The molecule has 0 fully saturated rings. The van der Waals surface area contributed by atoms with E-state index in [9.17, 15) is 8.78 Å². The van der Waals surface area contributed by atoms with Gasteiger partial charge in [-0.05, 0) is 24.3 Å². The van der Waals surface area contributed by atoms with Gasteiger partial charge in [0.1, 0.15) is 17.7 Å². The van der Waals surface area contributed by atoms with Gasteiger partial charge in [0.25, 0.3) is 0 Å². The van der Waals surface area contributed by atoms with Crippen molar-refractivity contribution in [2.75, 3.05) is 0 Å². The molecule has 0 aliphatic rings. The number of aromatic nitrogens is 3. The zero-order valence-corrected chi connectivity index (χ0v) is 9.51. The van der Waals surface area contributed by atoms with Crippen LogP contribution in [0.3, 0.4) is 0 Å². The largest absolute Gasteiger partial charge is 0.281 e. The van der Waals surface area contributed by atoms with Crippen molar-refractivity contribution in [3.05, 3.63) is 53.7 Å². The van der Waals surface area contributed by atoms with Gasteiger partial charge in [0.05, 0.1) is 11.1 Å². The molecule has 0 aliphatic heterocycles. The summed E-state index contributed by atoms with van der Waals surface area (Å²) in [5, 5.41) is 16.5. The minimum absolute atomic E-state index is 0.0303. The first kappa shape index (κ1) is 11.3.